The van der Waals surface area contributed by atoms with Gasteiger partial charge in [0, 0.05) is 0 Å². The topological polar surface area (TPSA) is 0 Å². The van der Waals surface area contributed by atoms with Gasteiger partial charge in [-0.2, -0.15) is 0 Å². The third-order valence-electron chi connectivity index (χ3n) is 0. The highest BCUT2D eigenvalue weighted by Gasteiger charge is 1.38. The fourth-order valence-corrected chi connectivity index (χ4v) is 0. The maximum atomic E-state index is 2.12. The van der Waals surface area contributed by atoms with Gasteiger partial charge < -0.3 is 0 Å². The highest BCUT2D eigenvalue weighted by molar-refractivity contribution is 3.94. The lowest BCUT2D eigenvalue weighted by atomic mass is 10.6. The van der Waals surface area contributed by atoms with Gasteiger partial charge in [-0.25, -0.2) is 0 Å². The number of rotatable bonds is 0. The minimum Gasteiger partial charge on any atom is -0.0683 e. The first kappa shape index (κ1) is 90.6. The monoisotopic (exact) mass is 547 g/mol. The lowest BCUT2D eigenvalue weighted by Crippen LogP contribution is -1.27. The molecular formula is C37H102. The van der Waals surface area contributed by atoms with Crippen molar-refractivity contribution in [1.82, 2.24) is 0 Å². The molecule has 0 aliphatic rings. The first-order chi connectivity index (χ1) is 17.7. The number of hydrogen-bond donors (Lipinski definition) is 0. The van der Waals surface area contributed by atoms with Crippen molar-refractivity contribution in [2.24, 2.45) is 0 Å². The molecule has 0 aliphatic heterocycles. The van der Waals surface area contributed by atoms with Crippen LogP contribution < -0.4 is 0 Å². The fourth-order valence-electron chi connectivity index (χ4n) is 0. The van der Waals surface area contributed by atoms with E-state index in [9.17, 15) is 0 Å². The van der Waals surface area contributed by atoms with E-state index in [1.807, 2.05) is 69.2 Å². The summed E-state index contributed by atoms with van der Waals surface area (Å²) in [6.07, 6.45) is 11.2. The second-order valence-electron chi connectivity index (χ2n) is 6.36. The van der Waals surface area contributed by atoms with E-state index < -0.39 is 0 Å². The maximum Gasteiger partial charge on any atom is -0.0590 e. The minimum absolute atomic E-state index is 1.25. The first-order valence-corrected chi connectivity index (χ1v) is 17.7. The van der Waals surface area contributed by atoms with E-state index in [0.717, 1.165) is 0 Å². The van der Waals surface area contributed by atoms with Gasteiger partial charge in [0.1, 0.15) is 0 Å². The van der Waals surface area contributed by atoms with Crippen LogP contribution in [0.4, 0.5) is 0 Å². The van der Waals surface area contributed by atoms with E-state index in [4.69, 9.17) is 0 Å². The van der Waals surface area contributed by atoms with E-state index in [2.05, 4.69) is 125 Å². The lowest BCUT2D eigenvalue weighted by Gasteiger charge is -1.48. The Balaban J connectivity index is -0.0000000129. The SMILES string of the molecule is CC.CC.CC.CC.CC.CCC.CCC.CCC.CCC.CCC.CCC.CCC.CCC.CCC. The maximum absolute atomic E-state index is 2.12. The molecule has 0 spiro atoms. The minimum atomic E-state index is 1.25. The van der Waals surface area contributed by atoms with E-state index in [1.54, 1.807) is 0 Å². The fraction of sp³-hybridized carbons (Fsp3) is 1.00. The van der Waals surface area contributed by atoms with Crippen molar-refractivity contribution in [3.63, 3.8) is 0 Å². The van der Waals surface area contributed by atoms with Crippen LogP contribution in [-0.2, 0) is 0 Å². The Bertz CT molecular complexity index is 28.5. The molecule has 0 N–H and O–H groups in total. The molecule has 0 unspecified atom stereocenters. The molecule has 0 bridgehead atoms. The van der Waals surface area contributed by atoms with Crippen LogP contribution in [0.1, 0.15) is 252 Å². The average Bonchev–Trinajstić information content (AvgIpc) is 2.89. The molecular weight excluding hydrogens is 444 g/mol. The first-order valence-electron chi connectivity index (χ1n) is 17.7. The Morgan fingerprint density at radius 2 is 0.135 bits per heavy atom. The van der Waals surface area contributed by atoms with Crippen LogP contribution in [0.15, 0.2) is 0 Å². The van der Waals surface area contributed by atoms with Gasteiger partial charge in [0.25, 0.3) is 0 Å². The second kappa shape index (κ2) is 544. The summed E-state index contributed by atoms with van der Waals surface area (Å²) in [4.78, 5) is 0. The van der Waals surface area contributed by atoms with Crippen LogP contribution in [0.3, 0.4) is 0 Å². The molecule has 250 valence electrons. The Morgan fingerprint density at radius 3 is 0.135 bits per heavy atom. The zero-order valence-electron chi connectivity index (χ0n) is 34.4. The average molecular weight is 547 g/mol. The van der Waals surface area contributed by atoms with E-state index in [0.29, 0.717) is 0 Å². The van der Waals surface area contributed by atoms with Crippen LogP contribution >= 0.6 is 0 Å². The summed E-state index contributed by atoms with van der Waals surface area (Å²) in [7, 11) is 0. The zero-order valence-corrected chi connectivity index (χ0v) is 34.4. The lowest BCUT2D eigenvalue weighted by molar-refractivity contribution is 1.09. The highest BCUT2D eigenvalue weighted by Crippen LogP contribution is 1.58. The summed E-state index contributed by atoms with van der Waals surface area (Å²) in [5, 5.41) is 0. The van der Waals surface area contributed by atoms with Crippen LogP contribution in [0.2, 0.25) is 0 Å². The molecule has 0 heteroatoms. The van der Waals surface area contributed by atoms with Crippen LogP contribution in [0.5, 0.6) is 0 Å². The largest absolute Gasteiger partial charge is 0.0683 e. The Hall–Kier alpha value is 0. The third kappa shape index (κ3) is 0. The molecule has 0 aliphatic carbocycles. The van der Waals surface area contributed by atoms with Gasteiger partial charge in [0.2, 0.25) is 0 Å². The summed E-state index contributed by atoms with van der Waals surface area (Å²) < 4.78 is 0. The van der Waals surface area contributed by atoms with Gasteiger partial charge in [-0.05, 0) is 0 Å². The van der Waals surface area contributed by atoms with Crippen molar-refractivity contribution in [3.8, 4) is 0 Å². The van der Waals surface area contributed by atoms with Crippen molar-refractivity contribution < 1.29 is 0 Å². The zero-order chi connectivity index (χ0) is 34.4. The Morgan fingerprint density at radius 1 is 0.135 bits per heavy atom. The summed E-state index contributed by atoms with van der Waals surface area (Å²) >= 11 is 0. The second-order valence-corrected chi connectivity index (χ2v) is 6.36. The van der Waals surface area contributed by atoms with E-state index in [1.165, 1.54) is 57.8 Å². The van der Waals surface area contributed by atoms with Crippen LogP contribution in [0, 0.1) is 0 Å². The molecule has 0 saturated carbocycles. The molecule has 0 radical (unpaired) electrons. The normalized spacial score (nSPS) is 5.19. The molecule has 0 fully saturated rings. The molecule has 0 heterocycles. The van der Waals surface area contributed by atoms with Crippen molar-refractivity contribution in [2.75, 3.05) is 0 Å². The van der Waals surface area contributed by atoms with Crippen molar-refractivity contribution in [2.45, 2.75) is 252 Å². The molecule has 0 atom stereocenters. The Labute approximate surface area is 251 Å². The van der Waals surface area contributed by atoms with Crippen LogP contribution in [0.25, 0.3) is 0 Å². The standard InChI is InChI=1S/9C3H8.5C2H6/c9*1-3-2;5*1-2/h9*3H2,1-2H3;5*1-2H3. The molecule has 0 aromatic heterocycles. The molecule has 0 nitrogen and oxygen atoms in total. The van der Waals surface area contributed by atoms with Gasteiger partial charge in [-0.15, -0.1) is 0 Å². The van der Waals surface area contributed by atoms with E-state index in [-0.39, 0.29) is 0 Å². The summed E-state index contributed by atoms with van der Waals surface area (Å²) in [5.41, 5.74) is 0. The van der Waals surface area contributed by atoms with Gasteiger partial charge in [-0.3, -0.25) is 0 Å². The molecule has 37 heavy (non-hydrogen) atoms. The molecule has 0 aromatic carbocycles. The predicted molar refractivity (Wildman–Crippen MR) is 200 cm³/mol. The predicted octanol–water partition coefficient (Wildman–Crippen LogP) is 17.9. The molecule has 0 aromatic rings. The Kier molecular flexibility index (Phi) is 1330. The summed E-state index contributed by atoms with van der Waals surface area (Å²) in [5.74, 6) is 0. The van der Waals surface area contributed by atoms with Crippen molar-refractivity contribution in [1.29, 1.82) is 0 Å². The van der Waals surface area contributed by atoms with Crippen molar-refractivity contribution >= 4 is 0 Å². The van der Waals surface area contributed by atoms with E-state index >= 15 is 0 Å². The molecule has 0 amide bonds. The summed E-state index contributed by atoms with van der Waals surface area (Å²) in [6.45, 7) is 58.2. The summed E-state index contributed by atoms with van der Waals surface area (Å²) in [6, 6.07) is 0. The van der Waals surface area contributed by atoms with Gasteiger partial charge in [0.15, 0.2) is 0 Å². The third-order valence-corrected chi connectivity index (χ3v) is 0. The van der Waals surface area contributed by atoms with Gasteiger partial charge in [-0.1, -0.05) is 252 Å². The number of hydrogen-bond acceptors (Lipinski definition) is 0. The van der Waals surface area contributed by atoms with Crippen LogP contribution in [-0.4, -0.2) is 0 Å². The highest BCUT2D eigenvalue weighted by atomic mass is 13.4. The smallest absolute Gasteiger partial charge is 0.0590 e. The quantitative estimate of drug-likeness (QED) is 0.283. The van der Waals surface area contributed by atoms with Gasteiger partial charge >= 0.3 is 0 Å². The van der Waals surface area contributed by atoms with Gasteiger partial charge in [0.05, 0.1) is 0 Å². The molecule has 0 rings (SSSR count). The molecule has 0 saturated heterocycles. The van der Waals surface area contributed by atoms with Crippen molar-refractivity contribution in [3.05, 3.63) is 0 Å².